The third kappa shape index (κ3) is 5.04. The molecule has 1 unspecified atom stereocenters. The molecule has 1 aliphatic heterocycles. The van der Waals surface area contributed by atoms with Crippen LogP contribution in [0, 0.1) is 5.92 Å². The topological polar surface area (TPSA) is 3.24 Å². The minimum Gasteiger partial charge on any atom is -0.303 e. The van der Waals surface area contributed by atoms with E-state index >= 15 is 0 Å². The molecule has 1 heterocycles. The van der Waals surface area contributed by atoms with Crippen molar-refractivity contribution in [2.45, 2.75) is 25.7 Å². The summed E-state index contributed by atoms with van der Waals surface area (Å²) in [5, 5.41) is 0. The van der Waals surface area contributed by atoms with Gasteiger partial charge >= 0.3 is 0 Å². The Labute approximate surface area is 117 Å². The number of unbranched alkanes of at least 4 members (excludes halogenated alkanes) is 1. The molecule has 0 N–H and O–H groups in total. The molecule has 102 valence electrons. The molecular weight excluding hydrogens is 230 g/mol. The first kappa shape index (κ1) is 14.1. The number of hydrogen-bond acceptors (Lipinski definition) is 1. The Balaban J connectivity index is 1.80. The summed E-state index contributed by atoms with van der Waals surface area (Å²) in [5.41, 5.74) is 1.31. The van der Waals surface area contributed by atoms with Crippen LogP contribution in [0.25, 0.3) is 6.08 Å². The molecule has 1 nitrogen and oxygen atoms in total. The molecule has 1 aromatic carbocycles. The lowest BCUT2D eigenvalue weighted by molar-refractivity contribution is 0.195. The number of allylic oxidation sites excluding steroid dienone is 1. The lowest BCUT2D eigenvalue weighted by Gasteiger charge is -2.31. The van der Waals surface area contributed by atoms with E-state index in [9.17, 15) is 0 Å². The van der Waals surface area contributed by atoms with E-state index in [1.54, 1.807) is 0 Å². The maximum absolute atomic E-state index is 3.79. The van der Waals surface area contributed by atoms with Crippen LogP contribution in [-0.2, 0) is 0 Å². The highest BCUT2D eigenvalue weighted by Crippen LogP contribution is 2.19. The molecule has 0 saturated carbocycles. The van der Waals surface area contributed by atoms with E-state index in [0.29, 0.717) is 0 Å². The summed E-state index contributed by atoms with van der Waals surface area (Å²) in [6.45, 7) is 7.51. The van der Waals surface area contributed by atoms with Crippen LogP contribution < -0.4 is 0 Å². The molecule has 1 atom stereocenters. The Bertz CT molecular complexity index is 393. The summed E-state index contributed by atoms with van der Waals surface area (Å²) in [6, 6.07) is 10.6. The zero-order chi connectivity index (χ0) is 13.3. The third-order valence-electron chi connectivity index (χ3n) is 3.78. The zero-order valence-corrected chi connectivity index (χ0v) is 11.8. The third-order valence-corrected chi connectivity index (χ3v) is 3.78. The van der Waals surface area contributed by atoms with Crippen LogP contribution >= 0.6 is 0 Å². The SMILES string of the molecule is C=CCCCN1CCCC(/C=C/c2ccccc2)C1. The van der Waals surface area contributed by atoms with E-state index < -0.39 is 0 Å². The van der Waals surface area contributed by atoms with E-state index in [4.69, 9.17) is 0 Å². The normalized spacial score (nSPS) is 20.7. The molecule has 0 aromatic heterocycles. The molecule has 0 spiro atoms. The maximum atomic E-state index is 3.79. The van der Waals surface area contributed by atoms with Crippen molar-refractivity contribution in [3.63, 3.8) is 0 Å². The number of nitrogens with zero attached hydrogens (tertiary/aromatic N) is 1. The standard InChI is InChI=1S/C18H25N/c1-2-3-7-14-19-15-8-11-18(16-19)13-12-17-9-5-4-6-10-17/h2,4-6,9-10,12-13,18H,1,3,7-8,11,14-16H2/b13-12+. The van der Waals surface area contributed by atoms with Crippen LogP contribution in [0.5, 0.6) is 0 Å². The van der Waals surface area contributed by atoms with Gasteiger partial charge in [-0.1, -0.05) is 48.6 Å². The number of benzene rings is 1. The van der Waals surface area contributed by atoms with Crippen LogP contribution in [0.3, 0.4) is 0 Å². The highest BCUT2D eigenvalue weighted by Gasteiger charge is 2.16. The number of hydrogen-bond donors (Lipinski definition) is 0. The quantitative estimate of drug-likeness (QED) is 0.538. The Morgan fingerprint density at radius 1 is 1.26 bits per heavy atom. The fourth-order valence-corrected chi connectivity index (χ4v) is 2.72. The van der Waals surface area contributed by atoms with Crippen LogP contribution in [0.2, 0.25) is 0 Å². The van der Waals surface area contributed by atoms with E-state index in [1.165, 1.54) is 44.5 Å². The Morgan fingerprint density at radius 3 is 2.89 bits per heavy atom. The summed E-state index contributed by atoms with van der Waals surface area (Å²) >= 11 is 0. The van der Waals surface area contributed by atoms with Gasteiger partial charge in [-0.3, -0.25) is 0 Å². The molecular formula is C18H25N. The molecule has 1 saturated heterocycles. The second-order valence-corrected chi connectivity index (χ2v) is 5.40. The van der Waals surface area contributed by atoms with E-state index in [-0.39, 0.29) is 0 Å². The van der Waals surface area contributed by atoms with Gasteiger partial charge in [0.25, 0.3) is 0 Å². The van der Waals surface area contributed by atoms with Crippen LogP contribution in [0.15, 0.2) is 49.1 Å². The van der Waals surface area contributed by atoms with E-state index in [2.05, 4.69) is 54.0 Å². The van der Waals surface area contributed by atoms with Crippen molar-refractivity contribution in [1.29, 1.82) is 0 Å². The smallest absolute Gasteiger partial charge is 0.00445 e. The Kier molecular flexibility index (Phi) is 5.90. The first-order valence-corrected chi connectivity index (χ1v) is 7.45. The number of piperidine rings is 1. The molecule has 0 amide bonds. The van der Waals surface area contributed by atoms with Crippen molar-refractivity contribution < 1.29 is 0 Å². The van der Waals surface area contributed by atoms with Crippen molar-refractivity contribution in [3.05, 3.63) is 54.6 Å². The lowest BCUT2D eigenvalue weighted by Crippen LogP contribution is -2.35. The molecule has 0 aliphatic carbocycles. The molecule has 0 bridgehead atoms. The first-order chi connectivity index (χ1) is 9.38. The fourth-order valence-electron chi connectivity index (χ4n) is 2.72. The van der Waals surface area contributed by atoms with Crippen molar-refractivity contribution in [3.8, 4) is 0 Å². The molecule has 2 rings (SSSR count). The van der Waals surface area contributed by atoms with Gasteiger partial charge in [0.1, 0.15) is 0 Å². The van der Waals surface area contributed by atoms with Gasteiger partial charge in [-0.05, 0) is 50.3 Å². The van der Waals surface area contributed by atoms with Gasteiger partial charge in [0.2, 0.25) is 0 Å². The predicted molar refractivity (Wildman–Crippen MR) is 84.1 cm³/mol. The van der Waals surface area contributed by atoms with Gasteiger partial charge < -0.3 is 4.90 Å². The first-order valence-electron chi connectivity index (χ1n) is 7.45. The number of likely N-dealkylation sites (tertiary alicyclic amines) is 1. The molecule has 1 aromatic rings. The van der Waals surface area contributed by atoms with Gasteiger partial charge in [0, 0.05) is 6.54 Å². The highest BCUT2D eigenvalue weighted by molar-refractivity contribution is 5.49. The molecule has 19 heavy (non-hydrogen) atoms. The van der Waals surface area contributed by atoms with Crippen molar-refractivity contribution in [1.82, 2.24) is 4.90 Å². The summed E-state index contributed by atoms with van der Waals surface area (Å²) in [4.78, 5) is 2.60. The zero-order valence-electron chi connectivity index (χ0n) is 11.8. The van der Waals surface area contributed by atoms with Gasteiger partial charge in [-0.2, -0.15) is 0 Å². The van der Waals surface area contributed by atoms with Crippen molar-refractivity contribution in [2.75, 3.05) is 19.6 Å². The van der Waals surface area contributed by atoms with Crippen LogP contribution in [0.4, 0.5) is 0 Å². The van der Waals surface area contributed by atoms with Gasteiger partial charge in [-0.25, -0.2) is 0 Å². The van der Waals surface area contributed by atoms with Gasteiger partial charge in [-0.15, -0.1) is 6.58 Å². The van der Waals surface area contributed by atoms with Gasteiger partial charge in [0.05, 0.1) is 0 Å². The minimum atomic E-state index is 0.720. The van der Waals surface area contributed by atoms with E-state index in [1.807, 2.05) is 6.08 Å². The summed E-state index contributed by atoms with van der Waals surface area (Å²) in [7, 11) is 0. The molecule has 1 fully saturated rings. The molecule has 1 heteroatoms. The van der Waals surface area contributed by atoms with Gasteiger partial charge in [0.15, 0.2) is 0 Å². The Morgan fingerprint density at radius 2 is 2.11 bits per heavy atom. The average Bonchev–Trinajstić information content (AvgIpc) is 2.47. The second-order valence-electron chi connectivity index (χ2n) is 5.40. The summed E-state index contributed by atoms with van der Waals surface area (Å²) < 4.78 is 0. The van der Waals surface area contributed by atoms with Crippen molar-refractivity contribution >= 4 is 6.08 Å². The van der Waals surface area contributed by atoms with E-state index in [0.717, 1.165) is 12.3 Å². The molecule has 1 aliphatic rings. The summed E-state index contributed by atoms with van der Waals surface area (Å²) in [5.74, 6) is 0.720. The van der Waals surface area contributed by atoms with Crippen LogP contribution in [-0.4, -0.2) is 24.5 Å². The highest BCUT2D eigenvalue weighted by atomic mass is 15.1. The average molecular weight is 255 g/mol. The largest absolute Gasteiger partial charge is 0.303 e. The minimum absolute atomic E-state index is 0.720. The summed E-state index contributed by atoms with van der Waals surface area (Å²) in [6.07, 6.45) is 11.8. The number of rotatable bonds is 6. The lowest BCUT2D eigenvalue weighted by atomic mass is 9.96. The monoisotopic (exact) mass is 255 g/mol. The molecule has 0 radical (unpaired) electrons. The van der Waals surface area contributed by atoms with Crippen LogP contribution in [0.1, 0.15) is 31.2 Å². The second kappa shape index (κ2) is 7.96. The fraction of sp³-hybridized carbons (Fsp3) is 0.444. The van der Waals surface area contributed by atoms with Crippen molar-refractivity contribution in [2.24, 2.45) is 5.92 Å². The Hall–Kier alpha value is -1.34. The predicted octanol–water partition coefficient (Wildman–Crippen LogP) is 4.38. The maximum Gasteiger partial charge on any atom is 0.00445 e.